The molecule has 1 N–H and O–H groups in total. The molecule has 0 aliphatic rings. The minimum absolute atomic E-state index is 0.264. The molecule has 0 amide bonds. The van der Waals surface area contributed by atoms with Crippen LogP contribution in [0.4, 0.5) is 5.95 Å². The van der Waals surface area contributed by atoms with Gasteiger partial charge < -0.3 is 5.32 Å². The fourth-order valence-electron chi connectivity index (χ4n) is 1.87. The standard InChI is InChI=1S/C10H21N5/c1-8(2)6-10(3,4)7-11-9-12-13-14-15(9)5/h8H,6-7H2,1-5H3,(H,11,12,14). The van der Waals surface area contributed by atoms with Gasteiger partial charge in [-0.2, -0.15) is 0 Å². The number of hydrogen-bond donors (Lipinski definition) is 1. The number of aromatic nitrogens is 4. The van der Waals surface area contributed by atoms with E-state index in [0.717, 1.165) is 12.5 Å². The lowest BCUT2D eigenvalue weighted by Gasteiger charge is -2.26. The van der Waals surface area contributed by atoms with Gasteiger partial charge in [0.05, 0.1) is 0 Å². The van der Waals surface area contributed by atoms with Gasteiger partial charge in [-0.05, 0) is 28.2 Å². The molecule has 86 valence electrons. The van der Waals surface area contributed by atoms with Crippen molar-refractivity contribution in [3.63, 3.8) is 0 Å². The maximum Gasteiger partial charge on any atom is 0.242 e. The van der Waals surface area contributed by atoms with Crippen LogP contribution in [0, 0.1) is 11.3 Å². The van der Waals surface area contributed by atoms with Crippen molar-refractivity contribution in [2.45, 2.75) is 34.1 Å². The molecular formula is C10H21N5. The number of hydrogen-bond acceptors (Lipinski definition) is 4. The van der Waals surface area contributed by atoms with Crippen LogP contribution in [0.3, 0.4) is 0 Å². The molecule has 1 aromatic heterocycles. The number of nitrogens with zero attached hydrogens (tertiary/aromatic N) is 4. The van der Waals surface area contributed by atoms with E-state index in [1.807, 2.05) is 7.05 Å². The van der Waals surface area contributed by atoms with Gasteiger partial charge in [-0.25, -0.2) is 4.68 Å². The Bertz CT molecular complexity index is 303. The van der Waals surface area contributed by atoms with Crippen molar-refractivity contribution >= 4 is 5.95 Å². The highest BCUT2D eigenvalue weighted by Crippen LogP contribution is 2.25. The summed E-state index contributed by atoms with van der Waals surface area (Å²) in [7, 11) is 1.83. The van der Waals surface area contributed by atoms with Crippen LogP contribution < -0.4 is 5.32 Å². The topological polar surface area (TPSA) is 55.6 Å². The van der Waals surface area contributed by atoms with Crippen LogP contribution in [-0.2, 0) is 7.05 Å². The van der Waals surface area contributed by atoms with E-state index < -0.39 is 0 Å². The van der Waals surface area contributed by atoms with E-state index in [4.69, 9.17) is 0 Å². The van der Waals surface area contributed by atoms with E-state index >= 15 is 0 Å². The third-order valence-corrected chi connectivity index (χ3v) is 2.31. The van der Waals surface area contributed by atoms with Gasteiger partial charge in [-0.15, -0.1) is 0 Å². The number of rotatable bonds is 5. The summed E-state index contributed by atoms with van der Waals surface area (Å²) in [5.41, 5.74) is 0.264. The Morgan fingerprint density at radius 2 is 2.07 bits per heavy atom. The maximum atomic E-state index is 3.89. The molecule has 0 saturated heterocycles. The summed E-state index contributed by atoms with van der Waals surface area (Å²) in [5, 5.41) is 14.5. The SMILES string of the molecule is CC(C)CC(C)(C)CNc1nnnn1C. The number of anilines is 1. The average Bonchev–Trinajstić information content (AvgIpc) is 2.45. The molecule has 1 aromatic rings. The average molecular weight is 211 g/mol. The summed E-state index contributed by atoms with van der Waals surface area (Å²) in [6.07, 6.45) is 1.19. The Labute approximate surface area is 91.2 Å². The first kappa shape index (κ1) is 11.9. The monoisotopic (exact) mass is 211 g/mol. The first-order valence-corrected chi connectivity index (χ1v) is 5.37. The van der Waals surface area contributed by atoms with Gasteiger partial charge >= 0.3 is 0 Å². The summed E-state index contributed by atoms with van der Waals surface area (Å²) in [6, 6.07) is 0. The Hall–Kier alpha value is -1.13. The molecule has 5 heteroatoms. The highest BCUT2D eigenvalue weighted by molar-refractivity contribution is 5.21. The van der Waals surface area contributed by atoms with E-state index in [1.165, 1.54) is 6.42 Å². The second-order valence-electron chi connectivity index (χ2n) is 5.24. The molecule has 1 heterocycles. The molecular weight excluding hydrogens is 190 g/mol. The van der Waals surface area contributed by atoms with Crippen LogP contribution in [0.25, 0.3) is 0 Å². The first-order chi connectivity index (χ1) is 6.91. The quantitative estimate of drug-likeness (QED) is 0.805. The van der Waals surface area contributed by atoms with Crippen LogP contribution in [0.5, 0.6) is 0 Å². The van der Waals surface area contributed by atoms with Gasteiger partial charge in [-0.3, -0.25) is 0 Å². The number of nitrogens with one attached hydrogen (secondary N) is 1. The van der Waals surface area contributed by atoms with Crippen molar-refractivity contribution in [1.82, 2.24) is 20.2 Å². The highest BCUT2D eigenvalue weighted by atomic mass is 15.6. The molecule has 0 unspecified atom stereocenters. The van der Waals surface area contributed by atoms with Crippen LogP contribution >= 0.6 is 0 Å². The van der Waals surface area contributed by atoms with Crippen molar-refractivity contribution in [2.75, 3.05) is 11.9 Å². The van der Waals surface area contributed by atoms with Crippen LogP contribution in [0.15, 0.2) is 0 Å². The molecule has 0 atom stereocenters. The zero-order valence-electron chi connectivity index (χ0n) is 10.3. The zero-order chi connectivity index (χ0) is 11.5. The van der Waals surface area contributed by atoms with Crippen LogP contribution in [0.1, 0.15) is 34.1 Å². The molecule has 1 rings (SSSR count). The molecule has 0 spiro atoms. The molecule has 0 aromatic carbocycles. The smallest absolute Gasteiger partial charge is 0.242 e. The van der Waals surface area contributed by atoms with Gasteiger partial charge in [0.2, 0.25) is 5.95 Å². The third-order valence-electron chi connectivity index (χ3n) is 2.31. The Kier molecular flexibility index (Phi) is 3.66. The predicted molar refractivity (Wildman–Crippen MR) is 60.5 cm³/mol. The lowest BCUT2D eigenvalue weighted by atomic mass is 9.84. The van der Waals surface area contributed by atoms with Gasteiger partial charge in [0.25, 0.3) is 0 Å². The maximum absolute atomic E-state index is 3.89. The zero-order valence-corrected chi connectivity index (χ0v) is 10.3. The third kappa shape index (κ3) is 3.85. The lowest BCUT2D eigenvalue weighted by molar-refractivity contribution is 0.305. The summed E-state index contributed by atoms with van der Waals surface area (Å²) >= 11 is 0. The molecule has 0 saturated carbocycles. The highest BCUT2D eigenvalue weighted by Gasteiger charge is 2.19. The molecule has 5 nitrogen and oxygen atoms in total. The second kappa shape index (κ2) is 4.59. The summed E-state index contributed by atoms with van der Waals surface area (Å²) in [6.45, 7) is 9.88. The molecule has 0 aliphatic heterocycles. The van der Waals surface area contributed by atoms with E-state index in [1.54, 1.807) is 4.68 Å². The Morgan fingerprint density at radius 3 is 2.53 bits per heavy atom. The predicted octanol–water partition coefficient (Wildman–Crippen LogP) is 1.69. The van der Waals surface area contributed by atoms with E-state index in [-0.39, 0.29) is 5.41 Å². The molecule has 0 bridgehead atoms. The fraction of sp³-hybridized carbons (Fsp3) is 0.900. The van der Waals surface area contributed by atoms with Crippen LogP contribution in [0.2, 0.25) is 0 Å². The van der Waals surface area contributed by atoms with Crippen molar-refractivity contribution < 1.29 is 0 Å². The largest absolute Gasteiger partial charge is 0.353 e. The Morgan fingerprint density at radius 1 is 1.40 bits per heavy atom. The van der Waals surface area contributed by atoms with Gasteiger partial charge in [0, 0.05) is 13.6 Å². The number of tetrazole rings is 1. The summed E-state index contributed by atoms with van der Waals surface area (Å²) in [4.78, 5) is 0. The normalized spacial score (nSPS) is 12.1. The second-order valence-corrected chi connectivity index (χ2v) is 5.24. The van der Waals surface area contributed by atoms with Crippen LogP contribution in [-0.4, -0.2) is 26.8 Å². The van der Waals surface area contributed by atoms with Gasteiger partial charge in [-0.1, -0.05) is 32.8 Å². The molecule has 0 fully saturated rings. The molecule has 15 heavy (non-hydrogen) atoms. The first-order valence-electron chi connectivity index (χ1n) is 5.37. The number of aryl methyl sites for hydroxylation is 1. The van der Waals surface area contributed by atoms with Crippen molar-refractivity contribution in [3.8, 4) is 0 Å². The fourth-order valence-corrected chi connectivity index (χ4v) is 1.87. The summed E-state index contributed by atoms with van der Waals surface area (Å²) < 4.78 is 1.64. The minimum Gasteiger partial charge on any atom is -0.353 e. The molecule has 0 radical (unpaired) electrons. The van der Waals surface area contributed by atoms with E-state index in [2.05, 4.69) is 48.5 Å². The van der Waals surface area contributed by atoms with E-state index in [9.17, 15) is 0 Å². The van der Waals surface area contributed by atoms with Crippen molar-refractivity contribution in [3.05, 3.63) is 0 Å². The van der Waals surface area contributed by atoms with Crippen molar-refractivity contribution in [1.29, 1.82) is 0 Å². The van der Waals surface area contributed by atoms with Gasteiger partial charge in [0.15, 0.2) is 0 Å². The lowest BCUT2D eigenvalue weighted by Crippen LogP contribution is -2.25. The summed E-state index contributed by atoms with van der Waals surface area (Å²) in [5.74, 6) is 1.44. The van der Waals surface area contributed by atoms with Crippen molar-refractivity contribution in [2.24, 2.45) is 18.4 Å². The van der Waals surface area contributed by atoms with E-state index in [0.29, 0.717) is 5.92 Å². The minimum atomic E-state index is 0.264. The van der Waals surface area contributed by atoms with Gasteiger partial charge in [0.1, 0.15) is 0 Å². The molecule has 0 aliphatic carbocycles. The Balaban J connectivity index is 2.46.